The van der Waals surface area contributed by atoms with Gasteiger partial charge in [-0.1, -0.05) is 52.7 Å². The Labute approximate surface area is 395 Å². The number of rotatable bonds is 7. The average molecular weight is 940 g/mol. The zero-order chi connectivity index (χ0) is 49.0. The minimum atomic E-state index is -2.07. The highest BCUT2D eigenvalue weighted by atomic mass is 16.7. The van der Waals surface area contributed by atoms with Gasteiger partial charge in [-0.3, -0.25) is 0 Å². The van der Waals surface area contributed by atoms with Gasteiger partial charge in [0.05, 0.1) is 47.8 Å². The van der Waals surface area contributed by atoms with Gasteiger partial charge < -0.3 is 68.7 Å². The minimum absolute atomic E-state index is 0.133. The van der Waals surface area contributed by atoms with Crippen LogP contribution >= 0.6 is 0 Å². The van der Waals surface area contributed by atoms with Crippen LogP contribution in [0.5, 0.6) is 0 Å². The Balaban J connectivity index is 1.48. The van der Waals surface area contributed by atoms with Crippen molar-refractivity contribution >= 4 is 5.97 Å². The second kappa shape index (κ2) is 22.7. The fourth-order valence-electron chi connectivity index (χ4n) is 11.3. The summed E-state index contributed by atoms with van der Waals surface area (Å²) in [5.74, 6) is -4.40. The Morgan fingerprint density at radius 1 is 0.879 bits per heavy atom. The summed E-state index contributed by atoms with van der Waals surface area (Å²) < 4.78 is 46.0. The number of carbonyl (C=O) groups excluding carboxylic acids is 1. The molecule has 2 bridgehead atoms. The average Bonchev–Trinajstić information content (AvgIpc) is 3.51. The maximum atomic E-state index is 13.9. The van der Waals surface area contributed by atoms with E-state index in [0.717, 1.165) is 44.3 Å². The highest BCUT2D eigenvalue weighted by Crippen LogP contribution is 2.51. The maximum Gasteiger partial charge on any atom is 0.330 e. The zero-order valence-electron chi connectivity index (χ0n) is 42.3. The molecule has 5 aliphatic heterocycles. The van der Waals surface area contributed by atoms with E-state index in [1.807, 2.05) is 34.9 Å². The number of hydrogen-bond donors (Lipinski definition) is 6. The summed E-state index contributed by atoms with van der Waals surface area (Å²) in [6.45, 7) is 16.4. The van der Waals surface area contributed by atoms with Crippen molar-refractivity contribution in [2.45, 2.75) is 248 Å². The van der Waals surface area contributed by atoms with Gasteiger partial charge in [0.25, 0.3) is 0 Å². The van der Waals surface area contributed by atoms with Gasteiger partial charge in [0.2, 0.25) is 0 Å². The van der Waals surface area contributed by atoms with E-state index in [-0.39, 0.29) is 48.8 Å². The molecule has 382 valence electrons. The first-order valence-electron chi connectivity index (χ1n) is 25.1. The van der Waals surface area contributed by atoms with Crippen molar-refractivity contribution in [2.24, 2.45) is 23.7 Å². The standard InChI is InChI=1S/C51H89NO14/c1-13-36(53)27-38-31(2)22-26-50(64-38)29-39-32(3)40(65-50)30-51(60-12)35(28-47(6,7)66-51)19-17-15-14-16-18-24-48(8,58)46(57)44(63-42-21-20-37(52(10)11)34(5)61-42)43(55)33(4)45(56)49(9,59)25-23-41(54)62-39/h17,19,23,25,31-40,42-46,53,55-59H,13-16,18,20-22,24,26-30H2,1-12H3/b19-17+,25-23+/t31?,32?,33?,34-,35?,36?,37-,38?,39?,40?,42-,43?,44?,45?,46?,48?,49?,50?,51?/m1/s1. The Kier molecular flexibility index (Phi) is 19.0. The van der Waals surface area contributed by atoms with Crippen molar-refractivity contribution in [3.05, 3.63) is 24.3 Å². The highest BCUT2D eigenvalue weighted by Gasteiger charge is 2.58. The first-order valence-corrected chi connectivity index (χ1v) is 25.1. The number of carbonyl (C=O) groups is 1. The van der Waals surface area contributed by atoms with Crippen molar-refractivity contribution in [3.63, 3.8) is 0 Å². The van der Waals surface area contributed by atoms with E-state index in [4.69, 9.17) is 33.2 Å². The predicted octanol–water partition coefficient (Wildman–Crippen LogP) is 5.68. The van der Waals surface area contributed by atoms with Crippen LogP contribution in [0.1, 0.15) is 152 Å². The van der Waals surface area contributed by atoms with E-state index in [1.165, 1.54) is 20.8 Å². The van der Waals surface area contributed by atoms with Gasteiger partial charge in [-0.2, -0.15) is 0 Å². The SMILES string of the molecule is CCC(O)CC1OC2(CCC1C)CC1OC(=O)/C=C/C(C)(O)C(O)C(C)C(O)C(O[C@@H]3CC[C@@H](N(C)C)[C@@H](C)O3)C(O)C(C)(O)CCCCC/C=C/C3CC(C)(C)OC3(OC)CC(O2)C1C. The van der Waals surface area contributed by atoms with Gasteiger partial charge in [0.1, 0.15) is 23.9 Å². The van der Waals surface area contributed by atoms with Gasteiger partial charge >= 0.3 is 5.97 Å². The molecule has 0 aliphatic carbocycles. The third-order valence-corrected chi connectivity index (χ3v) is 15.8. The molecule has 4 fully saturated rings. The lowest BCUT2D eigenvalue weighted by atomic mass is 9.79. The molecule has 66 heavy (non-hydrogen) atoms. The molecule has 0 aromatic heterocycles. The van der Waals surface area contributed by atoms with Crippen LogP contribution in [0.4, 0.5) is 0 Å². The number of ether oxygens (including phenoxy) is 7. The molecule has 15 nitrogen and oxygen atoms in total. The molecule has 5 rings (SSSR count). The van der Waals surface area contributed by atoms with Crippen LogP contribution in [-0.4, -0.2) is 158 Å². The summed E-state index contributed by atoms with van der Waals surface area (Å²) >= 11 is 0. The Morgan fingerprint density at radius 3 is 2.24 bits per heavy atom. The van der Waals surface area contributed by atoms with Gasteiger partial charge in [-0.15, -0.1) is 0 Å². The Bertz CT molecular complexity index is 1600. The second-order valence-corrected chi connectivity index (χ2v) is 22.1. The van der Waals surface area contributed by atoms with Crippen molar-refractivity contribution < 1.29 is 68.6 Å². The summed E-state index contributed by atoms with van der Waals surface area (Å²) in [5.41, 5.74) is -4.28. The summed E-state index contributed by atoms with van der Waals surface area (Å²) in [5, 5.41) is 69.8. The first kappa shape index (κ1) is 55.4. The van der Waals surface area contributed by atoms with Crippen molar-refractivity contribution in [1.29, 1.82) is 0 Å². The number of aliphatic hydroxyl groups excluding tert-OH is 4. The molecule has 5 aliphatic rings. The fourth-order valence-corrected chi connectivity index (χ4v) is 11.3. The monoisotopic (exact) mass is 940 g/mol. The molecule has 6 N–H and O–H groups in total. The zero-order valence-corrected chi connectivity index (χ0v) is 42.3. The summed E-state index contributed by atoms with van der Waals surface area (Å²) in [6, 6.07) is 0.133. The predicted molar refractivity (Wildman–Crippen MR) is 249 cm³/mol. The first-order chi connectivity index (χ1) is 30.8. The van der Waals surface area contributed by atoms with Crippen LogP contribution in [0.25, 0.3) is 0 Å². The quantitative estimate of drug-likeness (QED) is 0.134. The lowest BCUT2D eigenvalue weighted by Gasteiger charge is -2.53. The van der Waals surface area contributed by atoms with Crippen molar-refractivity contribution in [1.82, 2.24) is 4.90 Å². The second-order valence-electron chi connectivity index (χ2n) is 22.1. The molecule has 16 unspecified atom stereocenters. The summed E-state index contributed by atoms with van der Waals surface area (Å²) in [6.07, 6.45) is 5.13. The number of likely N-dealkylation sites (N-methyl/N-ethyl adjacent to an activating group) is 1. The molecule has 0 aromatic carbocycles. The van der Waals surface area contributed by atoms with Crippen LogP contribution < -0.4 is 0 Å². The van der Waals surface area contributed by atoms with Gasteiger partial charge in [0, 0.05) is 56.2 Å². The van der Waals surface area contributed by atoms with Crippen molar-refractivity contribution in [3.8, 4) is 0 Å². The van der Waals surface area contributed by atoms with Crippen LogP contribution in [0, 0.1) is 23.7 Å². The smallest absolute Gasteiger partial charge is 0.330 e. The summed E-state index contributed by atoms with van der Waals surface area (Å²) in [7, 11) is 5.61. The number of nitrogens with zero attached hydrogens (tertiary/aromatic N) is 1. The van der Waals surface area contributed by atoms with E-state index in [1.54, 1.807) is 7.11 Å². The molecule has 4 saturated heterocycles. The molecule has 15 heteroatoms. The summed E-state index contributed by atoms with van der Waals surface area (Å²) in [4.78, 5) is 16.0. The number of aliphatic hydroxyl groups is 6. The van der Waals surface area contributed by atoms with Crippen LogP contribution in [0.3, 0.4) is 0 Å². The molecule has 0 amide bonds. The lowest BCUT2D eigenvalue weighted by molar-refractivity contribution is -0.360. The topological polar surface area (TPSA) is 206 Å². The number of esters is 1. The van der Waals surface area contributed by atoms with Crippen molar-refractivity contribution in [2.75, 3.05) is 21.2 Å². The number of methoxy groups -OCH3 is 1. The normalized spacial score (nSPS) is 47.3. The maximum absolute atomic E-state index is 13.9. The third-order valence-electron chi connectivity index (χ3n) is 15.8. The Hall–Kier alpha value is -1.57. The largest absolute Gasteiger partial charge is 0.459 e. The number of hydrogen-bond acceptors (Lipinski definition) is 15. The van der Waals surface area contributed by atoms with Gasteiger partial charge in [-0.05, 0) is 118 Å². The van der Waals surface area contributed by atoms with E-state index >= 15 is 0 Å². The molecular weight excluding hydrogens is 851 g/mol. The molecule has 5 heterocycles. The van der Waals surface area contributed by atoms with Crippen LogP contribution in [0.15, 0.2) is 24.3 Å². The van der Waals surface area contributed by atoms with Crippen LogP contribution in [0.2, 0.25) is 0 Å². The molecule has 0 aromatic rings. The lowest BCUT2D eigenvalue weighted by Crippen LogP contribution is -2.59. The van der Waals surface area contributed by atoms with Gasteiger partial charge in [0.15, 0.2) is 17.9 Å². The number of allylic oxidation sites excluding steroid dienone is 1. The minimum Gasteiger partial charge on any atom is -0.459 e. The highest BCUT2D eigenvalue weighted by molar-refractivity contribution is 5.82. The third kappa shape index (κ3) is 13.4. The van der Waals surface area contributed by atoms with E-state index in [0.29, 0.717) is 44.9 Å². The van der Waals surface area contributed by atoms with E-state index in [9.17, 15) is 35.4 Å². The van der Waals surface area contributed by atoms with Gasteiger partial charge in [-0.25, -0.2) is 4.79 Å². The van der Waals surface area contributed by atoms with E-state index in [2.05, 4.69) is 37.8 Å². The molecular formula is C51H89NO14. The van der Waals surface area contributed by atoms with E-state index < -0.39 is 89.3 Å². The molecule has 1 spiro atoms. The van der Waals surface area contributed by atoms with Crippen LogP contribution in [-0.2, 0) is 38.0 Å². The fraction of sp³-hybridized carbons (Fsp3) is 0.902. The number of fused-ring (bicyclic) bond motifs is 3. The molecule has 0 radical (unpaired) electrons. The molecule has 0 saturated carbocycles. The molecule has 19 atom stereocenters. The Morgan fingerprint density at radius 2 is 1.59 bits per heavy atom.